The van der Waals surface area contributed by atoms with Gasteiger partial charge < -0.3 is 14.4 Å². The second-order valence-electron chi connectivity index (χ2n) is 5.78. The van der Waals surface area contributed by atoms with Crippen LogP contribution >= 0.6 is 0 Å². The van der Waals surface area contributed by atoms with E-state index in [1.165, 1.54) is 19.2 Å². The zero-order valence-electron chi connectivity index (χ0n) is 14.9. The lowest BCUT2D eigenvalue weighted by molar-refractivity contribution is 0.298. The van der Waals surface area contributed by atoms with Crippen LogP contribution in [0.25, 0.3) is 0 Å². The van der Waals surface area contributed by atoms with Gasteiger partial charge in [-0.2, -0.15) is 0 Å². The minimum atomic E-state index is -3.60. The van der Waals surface area contributed by atoms with E-state index in [1.54, 1.807) is 19.2 Å². The monoisotopic (exact) mass is 364 g/mol. The molecule has 1 N–H and O–H groups in total. The van der Waals surface area contributed by atoms with Crippen LogP contribution in [0.5, 0.6) is 11.5 Å². The summed E-state index contributed by atoms with van der Waals surface area (Å²) in [5.74, 6) is 1.35. The molecule has 0 spiro atoms. The molecule has 0 saturated carbocycles. The Labute approximate surface area is 149 Å². The molecule has 25 heavy (non-hydrogen) atoms. The van der Waals surface area contributed by atoms with E-state index in [2.05, 4.69) is 4.72 Å². The molecule has 2 rings (SSSR count). The van der Waals surface area contributed by atoms with Crippen LogP contribution in [0.15, 0.2) is 53.4 Å². The molecule has 0 fully saturated rings. The van der Waals surface area contributed by atoms with Crippen molar-refractivity contribution in [2.45, 2.75) is 10.9 Å². The first-order valence-electron chi connectivity index (χ1n) is 7.81. The third kappa shape index (κ3) is 4.94. The Morgan fingerprint density at radius 2 is 1.64 bits per heavy atom. The first-order chi connectivity index (χ1) is 11.9. The molecule has 7 heteroatoms. The molecule has 0 saturated heterocycles. The van der Waals surface area contributed by atoms with E-state index in [9.17, 15) is 8.42 Å². The van der Waals surface area contributed by atoms with Gasteiger partial charge >= 0.3 is 0 Å². The second-order valence-corrected chi connectivity index (χ2v) is 7.55. The van der Waals surface area contributed by atoms with Gasteiger partial charge in [0.1, 0.15) is 11.5 Å². The lowest BCUT2D eigenvalue weighted by Gasteiger charge is -2.25. The molecule has 6 nitrogen and oxygen atoms in total. The molecular weight excluding hydrogens is 340 g/mol. The average Bonchev–Trinajstić information content (AvgIpc) is 2.61. The molecule has 1 atom stereocenters. The number of sulfonamides is 1. The van der Waals surface area contributed by atoms with Gasteiger partial charge in [0.2, 0.25) is 10.0 Å². The highest BCUT2D eigenvalue weighted by Crippen LogP contribution is 2.23. The first kappa shape index (κ1) is 19.2. The maximum absolute atomic E-state index is 12.5. The number of nitrogens with one attached hydrogen (secondary N) is 1. The fourth-order valence-electron chi connectivity index (χ4n) is 2.47. The van der Waals surface area contributed by atoms with Gasteiger partial charge in [-0.1, -0.05) is 12.1 Å². The highest BCUT2D eigenvalue weighted by molar-refractivity contribution is 7.89. The van der Waals surface area contributed by atoms with Crippen LogP contribution in [0.1, 0.15) is 11.6 Å². The van der Waals surface area contributed by atoms with Crippen LogP contribution in [-0.4, -0.2) is 48.2 Å². The Bertz CT molecular complexity index is 789. The summed E-state index contributed by atoms with van der Waals surface area (Å²) >= 11 is 0. The first-order valence-corrected chi connectivity index (χ1v) is 9.30. The highest BCUT2D eigenvalue weighted by Gasteiger charge is 2.20. The Morgan fingerprint density at radius 3 is 2.20 bits per heavy atom. The highest BCUT2D eigenvalue weighted by atomic mass is 32.2. The lowest BCUT2D eigenvalue weighted by atomic mass is 10.1. The van der Waals surface area contributed by atoms with E-state index < -0.39 is 10.0 Å². The second kappa shape index (κ2) is 8.33. The molecule has 0 amide bonds. The number of ether oxygens (including phenoxy) is 2. The van der Waals surface area contributed by atoms with Gasteiger partial charge in [-0.15, -0.1) is 0 Å². The summed E-state index contributed by atoms with van der Waals surface area (Å²) in [6, 6.07) is 13.8. The van der Waals surface area contributed by atoms with Crippen molar-refractivity contribution in [3.8, 4) is 11.5 Å². The van der Waals surface area contributed by atoms with Gasteiger partial charge in [0.15, 0.2) is 0 Å². The molecule has 2 aromatic carbocycles. The molecule has 0 heterocycles. The zero-order valence-corrected chi connectivity index (χ0v) is 15.7. The lowest BCUT2D eigenvalue weighted by Crippen LogP contribution is -2.34. The van der Waals surface area contributed by atoms with Gasteiger partial charge in [-0.3, -0.25) is 0 Å². The Hall–Kier alpha value is -2.09. The Morgan fingerprint density at radius 1 is 1.00 bits per heavy atom. The number of methoxy groups -OCH3 is 2. The smallest absolute Gasteiger partial charge is 0.240 e. The van der Waals surface area contributed by atoms with Crippen LogP contribution in [0, 0.1) is 0 Å². The molecule has 2 aromatic rings. The summed E-state index contributed by atoms with van der Waals surface area (Å²) in [6.07, 6.45) is 0. The maximum atomic E-state index is 12.5. The Balaban J connectivity index is 2.16. The van der Waals surface area contributed by atoms with Gasteiger partial charge in [0.25, 0.3) is 0 Å². The van der Waals surface area contributed by atoms with Crippen molar-refractivity contribution >= 4 is 10.0 Å². The summed E-state index contributed by atoms with van der Waals surface area (Å²) in [4.78, 5) is 2.17. The normalized spacial score (nSPS) is 12.8. The van der Waals surface area contributed by atoms with Crippen LogP contribution < -0.4 is 14.2 Å². The third-order valence-corrected chi connectivity index (χ3v) is 5.38. The molecular formula is C18H24N2O4S. The maximum Gasteiger partial charge on any atom is 0.240 e. The van der Waals surface area contributed by atoms with Crippen molar-refractivity contribution < 1.29 is 17.9 Å². The van der Waals surface area contributed by atoms with Crippen LogP contribution in [0.4, 0.5) is 0 Å². The summed E-state index contributed by atoms with van der Waals surface area (Å²) < 4.78 is 38.0. The van der Waals surface area contributed by atoms with Crippen molar-refractivity contribution in [1.82, 2.24) is 9.62 Å². The fourth-order valence-corrected chi connectivity index (χ4v) is 3.51. The van der Waals surface area contributed by atoms with Crippen molar-refractivity contribution in [1.29, 1.82) is 0 Å². The fraction of sp³-hybridized carbons (Fsp3) is 0.333. The third-order valence-electron chi connectivity index (χ3n) is 3.94. The summed E-state index contributed by atoms with van der Waals surface area (Å²) in [5, 5.41) is 0. The number of rotatable bonds is 8. The number of hydrogen-bond donors (Lipinski definition) is 1. The van der Waals surface area contributed by atoms with E-state index >= 15 is 0 Å². The standard InChI is InChI=1S/C18H24N2O4S/c1-20(2)18(14-6-5-7-16(12-14)24-4)13-19-25(21,22)17-10-8-15(23-3)9-11-17/h5-12,18-19H,13H2,1-4H3/t18-/m1/s1. The quantitative estimate of drug-likeness (QED) is 0.778. The molecule has 0 aliphatic heterocycles. The van der Waals surface area contributed by atoms with Crippen LogP contribution in [-0.2, 0) is 10.0 Å². The number of benzene rings is 2. The van der Waals surface area contributed by atoms with E-state index in [0.29, 0.717) is 5.75 Å². The van der Waals surface area contributed by atoms with Crippen molar-refractivity contribution in [2.24, 2.45) is 0 Å². The molecule has 136 valence electrons. The number of likely N-dealkylation sites (N-methyl/N-ethyl adjacent to an activating group) is 1. The minimum absolute atomic E-state index is 0.122. The van der Waals surface area contributed by atoms with Gasteiger partial charge in [0.05, 0.1) is 19.1 Å². The van der Waals surface area contributed by atoms with Gasteiger partial charge in [-0.25, -0.2) is 13.1 Å². The van der Waals surface area contributed by atoms with Crippen LogP contribution in [0.3, 0.4) is 0 Å². The topological polar surface area (TPSA) is 67.9 Å². The van der Waals surface area contributed by atoms with Crippen molar-refractivity contribution in [3.63, 3.8) is 0 Å². The molecule has 0 radical (unpaired) electrons. The average molecular weight is 364 g/mol. The molecule has 0 aromatic heterocycles. The molecule has 0 aliphatic carbocycles. The van der Waals surface area contributed by atoms with Gasteiger partial charge in [0, 0.05) is 12.6 Å². The Kier molecular flexibility index (Phi) is 6.41. The number of nitrogens with zero attached hydrogens (tertiary/aromatic N) is 1. The SMILES string of the molecule is COc1ccc(S(=O)(=O)NC[C@H](c2cccc(OC)c2)N(C)C)cc1. The van der Waals surface area contributed by atoms with E-state index in [0.717, 1.165) is 11.3 Å². The van der Waals surface area contributed by atoms with Crippen molar-refractivity contribution in [2.75, 3.05) is 34.9 Å². The predicted octanol–water partition coefficient (Wildman–Crippen LogP) is 2.29. The molecule has 0 bridgehead atoms. The molecule has 0 unspecified atom stereocenters. The van der Waals surface area contributed by atoms with E-state index in [4.69, 9.17) is 9.47 Å². The predicted molar refractivity (Wildman–Crippen MR) is 97.6 cm³/mol. The van der Waals surface area contributed by atoms with E-state index in [-0.39, 0.29) is 17.5 Å². The van der Waals surface area contributed by atoms with E-state index in [1.807, 2.05) is 43.3 Å². The van der Waals surface area contributed by atoms with Crippen LogP contribution in [0.2, 0.25) is 0 Å². The number of hydrogen-bond acceptors (Lipinski definition) is 5. The zero-order chi connectivity index (χ0) is 18.4. The van der Waals surface area contributed by atoms with Crippen molar-refractivity contribution in [3.05, 3.63) is 54.1 Å². The minimum Gasteiger partial charge on any atom is -0.497 e. The summed E-state index contributed by atoms with van der Waals surface area (Å²) in [5.41, 5.74) is 0.974. The molecule has 0 aliphatic rings. The summed E-state index contributed by atoms with van der Waals surface area (Å²) in [7, 11) is 3.36. The van der Waals surface area contributed by atoms with Gasteiger partial charge in [-0.05, 0) is 56.1 Å². The summed E-state index contributed by atoms with van der Waals surface area (Å²) in [6.45, 7) is 0.245. The largest absolute Gasteiger partial charge is 0.497 e.